The van der Waals surface area contributed by atoms with E-state index in [1.54, 1.807) is 38.2 Å². The third-order valence-electron chi connectivity index (χ3n) is 7.05. The fourth-order valence-electron chi connectivity index (χ4n) is 5.69. The van der Waals surface area contributed by atoms with E-state index in [1.165, 1.54) is 47.7 Å². The molecule has 0 aromatic heterocycles. The molecule has 2 aromatic carbocycles. The molecule has 27 heavy (non-hydrogen) atoms. The lowest BCUT2D eigenvalue weighted by molar-refractivity contribution is 0.677. The van der Waals surface area contributed by atoms with E-state index in [0.29, 0.717) is 0 Å². The molecular weight excluding hydrogens is 408 g/mol. The predicted molar refractivity (Wildman–Crippen MR) is 123 cm³/mol. The molecule has 0 N–H and O–H groups in total. The number of benzene rings is 2. The SMILES string of the molecule is CC1=C([Si](C)(C)C2=Cc3ccccc3C2)c2cc(Br)c3c(c2C1)CCCC3. The maximum atomic E-state index is 3.93. The fraction of sp³-hybridized carbons (Fsp3) is 0.360. The highest BCUT2D eigenvalue weighted by molar-refractivity contribution is 9.10. The van der Waals surface area contributed by atoms with Crippen LogP contribution in [0.25, 0.3) is 11.3 Å². The van der Waals surface area contributed by atoms with E-state index in [2.05, 4.69) is 72.4 Å². The number of rotatable bonds is 2. The van der Waals surface area contributed by atoms with Crippen molar-refractivity contribution in [3.8, 4) is 0 Å². The largest absolute Gasteiger partial charge is 0.108 e. The monoisotopic (exact) mass is 434 g/mol. The minimum absolute atomic E-state index is 1.15. The first kappa shape index (κ1) is 17.7. The van der Waals surface area contributed by atoms with Gasteiger partial charge in [-0.25, -0.2) is 0 Å². The van der Waals surface area contributed by atoms with Gasteiger partial charge in [-0.1, -0.05) is 70.1 Å². The molecule has 0 amide bonds. The summed E-state index contributed by atoms with van der Waals surface area (Å²) in [6.45, 7) is 7.55. The fourth-order valence-corrected chi connectivity index (χ4v) is 9.87. The summed E-state index contributed by atoms with van der Waals surface area (Å²) in [6.07, 6.45) is 10.0. The highest BCUT2D eigenvalue weighted by Gasteiger charge is 2.39. The van der Waals surface area contributed by atoms with Crippen molar-refractivity contribution >= 4 is 35.3 Å². The zero-order chi connectivity index (χ0) is 18.8. The molecule has 0 aliphatic heterocycles. The Morgan fingerprint density at radius 3 is 2.44 bits per heavy atom. The standard InChI is InChI=1S/C25H27BrSi/c1-16-12-22-20-10-6-7-11-21(20)24(26)15-23(22)25(16)27(2,3)19-13-17-8-4-5-9-18(17)14-19/h4-5,8-9,13,15H,6-7,10-12,14H2,1-3H3. The Kier molecular flexibility index (Phi) is 4.14. The van der Waals surface area contributed by atoms with Gasteiger partial charge in [0.2, 0.25) is 0 Å². The zero-order valence-electron chi connectivity index (χ0n) is 16.6. The molecule has 0 atom stereocenters. The van der Waals surface area contributed by atoms with Crippen molar-refractivity contribution < 1.29 is 0 Å². The van der Waals surface area contributed by atoms with E-state index in [1.807, 2.05) is 0 Å². The first-order chi connectivity index (χ1) is 13.0. The first-order valence-electron chi connectivity index (χ1n) is 10.3. The topological polar surface area (TPSA) is 0 Å². The second-order valence-electron chi connectivity index (χ2n) is 9.05. The van der Waals surface area contributed by atoms with Crippen LogP contribution in [0, 0.1) is 0 Å². The smallest absolute Gasteiger partial charge is 0.0711 e. The van der Waals surface area contributed by atoms with Crippen molar-refractivity contribution in [3.63, 3.8) is 0 Å². The van der Waals surface area contributed by atoms with E-state index < -0.39 is 8.07 Å². The van der Waals surface area contributed by atoms with Crippen LogP contribution in [0.4, 0.5) is 0 Å². The number of hydrogen-bond donors (Lipinski definition) is 0. The van der Waals surface area contributed by atoms with Crippen LogP contribution in [-0.4, -0.2) is 8.07 Å². The molecule has 2 heteroatoms. The Bertz CT molecular complexity index is 1020. The van der Waals surface area contributed by atoms with E-state index in [-0.39, 0.29) is 0 Å². The molecule has 5 rings (SSSR count). The molecule has 2 aromatic rings. The Hall–Kier alpha value is -1.38. The Labute approximate surface area is 172 Å². The molecule has 0 unspecified atom stereocenters. The quantitative estimate of drug-likeness (QED) is 0.442. The minimum atomic E-state index is -1.70. The number of fused-ring (bicyclic) bond motifs is 4. The van der Waals surface area contributed by atoms with Crippen LogP contribution in [-0.2, 0) is 25.7 Å². The summed E-state index contributed by atoms with van der Waals surface area (Å²) in [6, 6.07) is 11.4. The van der Waals surface area contributed by atoms with Gasteiger partial charge in [-0.3, -0.25) is 0 Å². The van der Waals surface area contributed by atoms with Gasteiger partial charge in [0.1, 0.15) is 8.07 Å². The molecule has 0 spiro atoms. The van der Waals surface area contributed by atoms with Crippen molar-refractivity contribution in [1.82, 2.24) is 0 Å². The lowest BCUT2D eigenvalue weighted by Crippen LogP contribution is -2.32. The van der Waals surface area contributed by atoms with Gasteiger partial charge in [-0.2, -0.15) is 0 Å². The molecule has 0 nitrogen and oxygen atoms in total. The van der Waals surface area contributed by atoms with Crippen molar-refractivity contribution in [1.29, 1.82) is 0 Å². The number of hydrogen-bond acceptors (Lipinski definition) is 0. The van der Waals surface area contributed by atoms with Crippen molar-refractivity contribution in [2.45, 2.75) is 58.5 Å². The van der Waals surface area contributed by atoms with Crippen LogP contribution >= 0.6 is 15.9 Å². The van der Waals surface area contributed by atoms with Crippen molar-refractivity contribution in [3.05, 3.63) is 79.0 Å². The number of halogens is 1. The summed E-state index contributed by atoms with van der Waals surface area (Å²) in [4.78, 5) is 0. The molecule has 3 aliphatic carbocycles. The van der Waals surface area contributed by atoms with Gasteiger partial charge >= 0.3 is 0 Å². The Morgan fingerprint density at radius 2 is 1.67 bits per heavy atom. The van der Waals surface area contributed by atoms with Gasteiger partial charge in [0.05, 0.1) is 0 Å². The second kappa shape index (κ2) is 6.32. The van der Waals surface area contributed by atoms with E-state index in [0.717, 1.165) is 6.42 Å². The maximum Gasteiger partial charge on any atom is 0.108 e. The molecule has 0 saturated heterocycles. The van der Waals surface area contributed by atoms with Crippen LogP contribution in [0.1, 0.15) is 53.1 Å². The van der Waals surface area contributed by atoms with Crippen molar-refractivity contribution in [2.75, 3.05) is 0 Å². The summed E-state index contributed by atoms with van der Waals surface area (Å²) in [5, 5.41) is 3.41. The molecule has 0 heterocycles. The number of allylic oxidation sites excluding steroid dienone is 2. The molecule has 0 bridgehead atoms. The summed E-state index contributed by atoms with van der Waals surface area (Å²) < 4.78 is 1.36. The molecule has 3 aliphatic rings. The van der Waals surface area contributed by atoms with Crippen LogP contribution < -0.4 is 0 Å². The van der Waals surface area contributed by atoms with Gasteiger partial charge in [0.25, 0.3) is 0 Å². The third kappa shape index (κ3) is 2.67. The van der Waals surface area contributed by atoms with Crippen LogP contribution in [0.5, 0.6) is 0 Å². The second-order valence-corrected chi connectivity index (χ2v) is 14.3. The molecule has 0 saturated carbocycles. The lowest BCUT2D eigenvalue weighted by Gasteiger charge is -2.29. The molecular formula is C25H27BrSi. The van der Waals surface area contributed by atoms with Crippen molar-refractivity contribution in [2.24, 2.45) is 0 Å². The third-order valence-corrected chi connectivity index (χ3v) is 11.6. The molecule has 0 fully saturated rings. The zero-order valence-corrected chi connectivity index (χ0v) is 19.2. The van der Waals surface area contributed by atoms with E-state index in [9.17, 15) is 0 Å². The Morgan fingerprint density at radius 1 is 0.926 bits per heavy atom. The van der Waals surface area contributed by atoms with Gasteiger partial charge < -0.3 is 0 Å². The highest BCUT2D eigenvalue weighted by atomic mass is 79.9. The van der Waals surface area contributed by atoms with E-state index in [4.69, 9.17) is 0 Å². The van der Waals surface area contributed by atoms with Gasteiger partial charge in [0, 0.05) is 4.47 Å². The van der Waals surface area contributed by atoms with Crippen LogP contribution in [0.3, 0.4) is 0 Å². The van der Waals surface area contributed by atoms with Gasteiger partial charge in [0.15, 0.2) is 0 Å². The maximum absolute atomic E-state index is 3.93. The van der Waals surface area contributed by atoms with Gasteiger partial charge in [-0.15, -0.1) is 0 Å². The normalized spacial score (nSPS) is 18.3. The average Bonchev–Trinajstić information content (AvgIpc) is 3.23. The molecule has 0 radical (unpaired) electrons. The lowest BCUT2D eigenvalue weighted by atomic mass is 9.86. The summed E-state index contributed by atoms with van der Waals surface area (Å²) in [7, 11) is -1.70. The predicted octanol–water partition coefficient (Wildman–Crippen LogP) is 7.08. The minimum Gasteiger partial charge on any atom is -0.0711 e. The summed E-state index contributed by atoms with van der Waals surface area (Å²) in [5.41, 5.74) is 11.1. The summed E-state index contributed by atoms with van der Waals surface area (Å²) >= 11 is 3.93. The van der Waals surface area contributed by atoms with Crippen LogP contribution in [0.15, 0.2) is 45.6 Å². The van der Waals surface area contributed by atoms with E-state index >= 15 is 0 Å². The van der Waals surface area contributed by atoms with Gasteiger partial charge in [-0.05, 0) is 90.1 Å². The average molecular weight is 435 g/mol. The first-order valence-corrected chi connectivity index (χ1v) is 14.1. The summed E-state index contributed by atoms with van der Waals surface area (Å²) in [5.74, 6) is 0. The highest BCUT2D eigenvalue weighted by Crippen LogP contribution is 2.48. The molecule has 138 valence electrons. The van der Waals surface area contributed by atoms with Crippen LogP contribution in [0.2, 0.25) is 13.1 Å². The Balaban J connectivity index is 1.61.